The Morgan fingerprint density at radius 3 is 3.15 bits per heavy atom. The molecule has 20 heavy (non-hydrogen) atoms. The Bertz CT molecular complexity index is 551. The van der Waals surface area contributed by atoms with Crippen molar-refractivity contribution in [3.63, 3.8) is 0 Å². The van der Waals surface area contributed by atoms with Gasteiger partial charge in [-0.3, -0.25) is 9.69 Å². The van der Waals surface area contributed by atoms with Crippen LogP contribution in [-0.4, -0.2) is 36.6 Å². The molecule has 0 saturated carbocycles. The fourth-order valence-electron chi connectivity index (χ4n) is 4.45. The van der Waals surface area contributed by atoms with Gasteiger partial charge < -0.3 is 4.74 Å². The second-order valence-corrected chi connectivity index (χ2v) is 6.92. The molecule has 1 unspecified atom stereocenters. The summed E-state index contributed by atoms with van der Waals surface area (Å²) >= 11 is 1.72. The number of piperidine rings is 3. The van der Waals surface area contributed by atoms with Crippen LogP contribution >= 0.6 is 11.3 Å². The van der Waals surface area contributed by atoms with E-state index >= 15 is 0 Å². The molecule has 4 saturated heterocycles. The highest BCUT2D eigenvalue weighted by Gasteiger charge is 2.55. The van der Waals surface area contributed by atoms with Crippen LogP contribution in [0.5, 0.6) is 0 Å². The van der Waals surface area contributed by atoms with Gasteiger partial charge in [0.2, 0.25) is 0 Å². The number of esters is 1. The molecule has 5 heterocycles. The first-order valence-electron chi connectivity index (χ1n) is 7.34. The molecule has 1 aromatic rings. The summed E-state index contributed by atoms with van der Waals surface area (Å²) in [4.78, 5) is 14.8. The normalized spacial score (nSPS) is 40.2. The van der Waals surface area contributed by atoms with Crippen molar-refractivity contribution in [2.75, 3.05) is 13.7 Å². The fraction of sp³-hybridized carbons (Fsp3) is 0.562. The first-order valence-corrected chi connectivity index (χ1v) is 8.28. The lowest BCUT2D eigenvalue weighted by molar-refractivity contribution is -0.153. The van der Waals surface area contributed by atoms with Gasteiger partial charge in [0.05, 0.1) is 13.0 Å². The number of hydrogen-bond acceptors (Lipinski definition) is 4. The fourth-order valence-corrected chi connectivity index (χ4v) is 5.07. The number of carbonyl (C=O) groups excluding carboxylic acids is 1. The van der Waals surface area contributed by atoms with Gasteiger partial charge in [-0.2, -0.15) is 11.3 Å². The van der Waals surface area contributed by atoms with Gasteiger partial charge >= 0.3 is 5.97 Å². The summed E-state index contributed by atoms with van der Waals surface area (Å²) in [6, 6.07) is 3.27. The summed E-state index contributed by atoms with van der Waals surface area (Å²) < 4.78 is 5.09. The van der Waals surface area contributed by atoms with Crippen LogP contribution in [0.25, 0.3) is 6.08 Å². The van der Waals surface area contributed by atoms with Crippen molar-refractivity contribution in [2.45, 2.75) is 31.3 Å². The van der Waals surface area contributed by atoms with E-state index < -0.39 is 0 Å². The number of hydrogen-bond donors (Lipinski definition) is 0. The standard InChI is InChI=1S/C16H19NO2S/c1-19-16(18)15-13-7-12-2-3-14(15)17(12)8-11(13)6-10-4-5-20-9-10/h4-6,9,12-15H,2-3,7-8H2,1H3/b11-6-/t12-,13+,14+,15-/m0/s1. The zero-order valence-corrected chi connectivity index (χ0v) is 12.4. The Balaban J connectivity index is 1.70. The van der Waals surface area contributed by atoms with Gasteiger partial charge in [0.25, 0.3) is 0 Å². The van der Waals surface area contributed by atoms with Gasteiger partial charge in [0.15, 0.2) is 0 Å². The molecule has 4 heteroatoms. The van der Waals surface area contributed by atoms with Crippen molar-refractivity contribution >= 4 is 23.4 Å². The third-order valence-corrected chi connectivity index (χ3v) is 5.98. The van der Waals surface area contributed by atoms with E-state index in [-0.39, 0.29) is 11.9 Å². The maximum atomic E-state index is 12.2. The maximum absolute atomic E-state index is 12.2. The van der Waals surface area contributed by atoms with Crippen molar-refractivity contribution in [3.05, 3.63) is 28.0 Å². The smallest absolute Gasteiger partial charge is 0.310 e. The molecule has 1 aromatic heterocycles. The molecular formula is C16H19NO2S. The molecule has 0 radical (unpaired) electrons. The van der Waals surface area contributed by atoms with E-state index in [0.717, 1.165) is 19.4 Å². The molecule has 0 aliphatic carbocycles. The van der Waals surface area contributed by atoms with Crippen molar-refractivity contribution in [2.24, 2.45) is 11.8 Å². The van der Waals surface area contributed by atoms with Crippen molar-refractivity contribution in [3.8, 4) is 0 Å². The molecule has 0 spiro atoms. The van der Waals surface area contributed by atoms with Crippen LogP contribution in [0.3, 0.4) is 0 Å². The molecule has 4 fully saturated rings. The Morgan fingerprint density at radius 2 is 2.40 bits per heavy atom. The summed E-state index contributed by atoms with van der Waals surface area (Å²) in [5.74, 6) is 0.434. The number of rotatable bonds is 2. The Morgan fingerprint density at radius 1 is 1.50 bits per heavy atom. The number of carbonyl (C=O) groups is 1. The van der Waals surface area contributed by atoms with Gasteiger partial charge in [-0.05, 0) is 47.6 Å². The molecule has 4 aliphatic rings. The Kier molecular flexibility index (Phi) is 2.97. The first kappa shape index (κ1) is 12.6. The van der Waals surface area contributed by atoms with Crippen LogP contribution in [0, 0.1) is 11.8 Å². The number of thiophene rings is 1. The lowest BCUT2D eigenvalue weighted by atomic mass is 9.71. The van der Waals surface area contributed by atoms with Crippen LogP contribution in [-0.2, 0) is 9.53 Å². The highest BCUT2D eigenvalue weighted by atomic mass is 32.1. The van der Waals surface area contributed by atoms with Crippen LogP contribution in [0.15, 0.2) is 22.4 Å². The second kappa shape index (κ2) is 4.71. The molecule has 0 amide bonds. The molecule has 0 N–H and O–H groups in total. The predicted molar refractivity (Wildman–Crippen MR) is 79.4 cm³/mol. The molecular weight excluding hydrogens is 270 g/mol. The van der Waals surface area contributed by atoms with Crippen LogP contribution in [0.1, 0.15) is 24.8 Å². The van der Waals surface area contributed by atoms with Gasteiger partial charge in [0.1, 0.15) is 0 Å². The van der Waals surface area contributed by atoms with Gasteiger partial charge in [-0.25, -0.2) is 0 Å². The van der Waals surface area contributed by atoms with Crippen LogP contribution in [0.2, 0.25) is 0 Å². The zero-order chi connectivity index (χ0) is 13.7. The van der Waals surface area contributed by atoms with Crippen LogP contribution in [0.4, 0.5) is 0 Å². The van der Waals surface area contributed by atoms with Crippen LogP contribution < -0.4 is 0 Å². The number of nitrogens with zero attached hydrogens (tertiary/aromatic N) is 1. The first-order chi connectivity index (χ1) is 9.78. The minimum absolute atomic E-state index is 0.0127. The van der Waals surface area contributed by atoms with Crippen molar-refractivity contribution in [1.82, 2.24) is 4.90 Å². The molecule has 5 atom stereocenters. The monoisotopic (exact) mass is 289 g/mol. The molecule has 4 bridgehead atoms. The average molecular weight is 289 g/mol. The topological polar surface area (TPSA) is 29.5 Å². The lowest BCUT2D eigenvalue weighted by Crippen LogP contribution is -2.58. The summed E-state index contributed by atoms with van der Waals surface area (Å²) in [5.41, 5.74) is 2.70. The summed E-state index contributed by atoms with van der Waals surface area (Å²) in [5, 5.41) is 4.28. The Hall–Kier alpha value is -1.13. The number of methoxy groups -OCH3 is 1. The van der Waals surface area contributed by atoms with E-state index in [9.17, 15) is 4.79 Å². The molecule has 4 aliphatic heterocycles. The quantitative estimate of drug-likeness (QED) is 0.784. The van der Waals surface area contributed by atoms with E-state index in [1.807, 2.05) is 0 Å². The summed E-state index contributed by atoms with van der Waals surface area (Å²) in [7, 11) is 1.52. The van der Waals surface area contributed by atoms with Crippen molar-refractivity contribution in [1.29, 1.82) is 0 Å². The van der Waals surface area contributed by atoms with Gasteiger partial charge in [0, 0.05) is 18.6 Å². The van der Waals surface area contributed by atoms with E-state index in [4.69, 9.17) is 4.74 Å². The summed E-state index contributed by atoms with van der Waals surface area (Å²) in [6.07, 6.45) is 5.83. The van der Waals surface area contributed by atoms with E-state index in [1.165, 1.54) is 24.7 Å². The van der Waals surface area contributed by atoms with Crippen molar-refractivity contribution < 1.29 is 9.53 Å². The molecule has 106 valence electrons. The Labute approximate surface area is 123 Å². The minimum atomic E-state index is -0.0127. The number of fused-ring (bicyclic) bond motifs is 1. The predicted octanol–water partition coefficient (Wildman–Crippen LogP) is 2.79. The van der Waals surface area contributed by atoms with Gasteiger partial charge in [-0.1, -0.05) is 11.6 Å². The third kappa shape index (κ3) is 1.78. The highest BCUT2D eigenvalue weighted by Crippen LogP contribution is 2.50. The SMILES string of the molecule is COC(=O)[C@H]1[C@@H]2C[C@@H]3CC[C@H]1N3C/C2=C/c1ccsc1. The average Bonchev–Trinajstić information content (AvgIpc) is 3.07. The minimum Gasteiger partial charge on any atom is -0.469 e. The lowest BCUT2D eigenvalue weighted by Gasteiger charge is -2.50. The third-order valence-electron chi connectivity index (χ3n) is 5.27. The highest BCUT2D eigenvalue weighted by molar-refractivity contribution is 7.08. The number of ether oxygens (including phenoxy) is 1. The summed E-state index contributed by atoms with van der Waals surface area (Å²) in [6.45, 7) is 1.04. The largest absolute Gasteiger partial charge is 0.469 e. The maximum Gasteiger partial charge on any atom is 0.310 e. The molecule has 3 nitrogen and oxygen atoms in total. The molecule has 0 aromatic carbocycles. The second-order valence-electron chi connectivity index (χ2n) is 6.14. The van der Waals surface area contributed by atoms with E-state index in [2.05, 4.69) is 27.8 Å². The van der Waals surface area contributed by atoms with Gasteiger partial charge in [-0.15, -0.1) is 0 Å². The van der Waals surface area contributed by atoms with E-state index in [0.29, 0.717) is 18.0 Å². The zero-order valence-electron chi connectivity index (χ0n) is 11.6. The molecule has 5 rings (SSSR count). The van der Waals surface area contributed by atoms with E-state index in [1.54, 1.807) is 11.3 Å².